The lowest BCUT2D eigenvalue weighted by molar-refractivity contribution is -0.179. The van der Waals surface area contributed by atoms with E-state index in [0.29, 0.717) is 26.2 Å². The lowest BCUT2D eigenvalue weighted by Gasteiger charge is -2.34. The molecule has 6 nitrogen and oxygen atoms in total. The number of carbonyl (C=O) groups excluding carboxylic acids is 2. The van der Waals surface area contributed by atoms with E-state index in [1.54, 1.807) is 0 Å². The smallest absolute Gasteiger partial charge is 0.372 e. The summed E-state index contributed by atoms with van der Waals surface area (Å²) in [5.41, 5.74) is 3.56. The fourth-order valence-corrected chi connectivity index (χ4v) is 4.27. The first-order valence-corrected chi connectivity index (χ1v) is 11.1. The molecular formula is C24H27F3N4O2. The van der Waals surface area contributed by atoms with Crippen LogP contribution in [0.5, 0.6) is 0 Å². The van der Waals surface area contributed by atoms with E-state index in [4.69, 9.17) is 0 Å². The molecule has 0 bridgehead atoms. The Morgan fingerprint density at radius 1 is 1.06 bits per heavy atom. The Hall–Kier alpha value is -3.23. The van der Waals surface area contributed by atoms with E-state index in [1.165, 1.54) is 0 Å². The standard InChI is InChI=1S/C24H27F3N4O2/c25-24(26,27)18-8-10-31(11-9-18)21-6-4-19(5-7-21)30-20-3-1-2-16(12-20)14-29-23(33)17-13-22(32)28-15-17/h1-7,12,17-18,30H,8-11,13-15H2,(H,28,32)(H,29,33). The summed E-state index contributed by atoms with van der Waals surface area (Å²) in [4.78, 5) is 25.4. The molecule has 2 saturated heterocycles. The van der Waals surface area contributed by atoms with Gasteiger partial charge in [0, 0.05) is 49.7 Å². The SMILES string of the molecule is O=C1CC(C(=O)NCc2cccc(Nc3ccc(N4CCC(C(F)(F)F)CC4)cc3)c2)CN1. The monoisotopic (exact) mass is 460 g/mol. The molecule has 2 amide bonds. The number of benzene rings is 2. The summed E-state index contributed by atoms with van der Waals surface area (Å²) < 4.78 is 38.6. The van der Waals surface area contributed by atoms with Crippen LogP contribution >= 0.6 is 0 Å². The van der Waals surface area contributed by atoms with Crippen molar-refractivity contribution in [3.05, 3.63) is 54.1 Å². The maximum Gasteiger partial charge on any atom is 0.391 e. The molecule has 2 aliphatic rings. The molecule has 3 N–H and O–H groups in total. The van der Waals surface area contributed by atoms with E-state index in [0.717, 1.165) is 22.6 Å². The molecule has 2 aliphatic heterocycles. The topological polar surface area (TPSA) is 73.5 Å². The lowest BCUT2D eigenvalue weighted by atomic mass is 9.96. The molecule has 0 spiro atoms. The number of amides is 2. The molecule has 33 heavy (non-hydrogen) atoms. The van der Waals surface area contributed by atoms with E-state index >= 15 is 0 Å². The number of hydrogen-bond acceptors (Lipinski definition) is 4. The van der Waals surface area contributed by atoms with Crippen LogP contribution < -0.4 is 20.9 Å². The average molecular weight is 461 g/mol. The maximum absolute atomic E-state index is 12.9. The van der Waals surface area contributed by atoms with E-state index in [2.05, 4.69) is 16.0 Å². The second kappa shape index (κ2) is 9.72. The molecule has 2 aromatic carbocycles. The predicted molar refractivity (Wildman–Crippen MR) is 120 cm³/mol. The summed E-state index contributed by atoms with van der Waals surface area (Å²) in [6.45, 7) is 1.54. The van der Waals surface area contributed by atoms with Crippen molar-refractivity contribution in [2.75, 3.05) is 29.9 Å². The minimum atomic E-state index is -4.11. The minimum absolute atomic E-state index is 0.0989. The molecule has 2 fully saturated rings. The number of rotatable bonds is 6. The van der Waals surface area contributed by atoms with Crippen molar-refractivity contribution in [1.82, 2.24) is 10.6 Å². The Kier molecular flexibility index (Phi) is 6.76. The van der Waals surface area contributed by atoms with Gasteiger partial charge in [0.1, 0.15) is 0 Å². The number of piperidine rings is 1. The molecule has 9 heteroatoms. The minimum Gasteiger partial charge on any atom is -0.372 e. The zero-order valence-corrected chi connectivity index (χ0v) is 18.1. The van der Waals surface area contributed by atoms with Crippen molar-refractivity contribution in [3.8, 4) is 0 Å². The highest BCUT2D eigenvalue weighted by Crippen LogP contribution is 2.35. The van der Waals surface area contributed by atoms with Crippen LogP contribution in [0.1, 0.15) is 24.8 Å². The molecule has 0 saturated carbocycles. The molecule has 4 rings (SSSR count). The summed E-state index contributed by atoms with van der Waals surface area (Å²) in [5.74, 6) is -1.76. The number of alkyl halides is 3. The van der Waals surface area contributed by atoms with Gasteiger partial charge in [-0.1, -0.05) is 12.1 Å². The molecule has 0 aliphatic carbocycles. The van der Waals surface area contributed by atoms with Gasteiger partial charge in [-0.3, -0.25) is 9.59 Å². The molecule has 2 aromatic rings. The van der Waals surface area contributed by atoms with Crippen molar-refractivity contribution in [2.45, 2.75) is 32.0 Å². The second-order valence-corrected chi connectivity index (χ2v) is 8.60. The summed E-state index contributed by atoms with van der Waals surface area (Å²) in [6.07, 6.45) is -3.63. The molecule has 1 atom stereocenters. The molecule has 2 heterocycles. The third-order valence-electron chi connectivity index (χ3n) is 6.22. The summed E-state index contributed by atoms with van der Waals surface area (Å²) >= 11 is 0. The van der Waals surface area contributed by atoms with Gasteiger partial charge in [0.2, 0.25) is 11.8 Å². The summed E-state index contributed by atoms with van der Waals surface area (Å²) in [5, 5.41) is 8.85. The number of halogens is 3. The van der Waals surface area contributed by atoms with Gasteiger partial charge in [0.25, 0.3) is 0 Å². The predicted octanol–water partition coefficient (Wildman–Crippen LogP) is 3.96. The Morgan fingerprint density at radius 3 is 2.42 bits per heavy atom. The van der Waals surface area contributed by atoms with Gasteiger partial charge in [-0.25, -0.2) is 0 Å². The average Bonchev–Trinajstić information content (AvgIpc) is 3.24. The fraction of sp³-hybridized carbons (Fsp3) is 0.417. The fourth-order valence-electron chi connectivity index (χ4n) is 4.27. The Bertz CT molecular complexity index is 986. The second-order valence-electron chi connectivity index (χ2n) is 8.60. The van der Waals surface area contributed by atoms with Crippen LogP contribution in [0.4, 0.5) is 30.2 Å². The van der Waals surface area contributed by atoms with E-state index in [1.807, 2.05) is 53.4 Å². The summed E-state index contributed by atoms with van der Waals surface area (Å²) in [6, 6.07) is 15.3. The Balaban J connectivity index is 1.29. The molecular weight excluding hydrogens is 433 g/mol. The number of nitrogens with one attached hydrogen (secondary N) is 3. The largest absolute Gasteiger partial charge is 0.391 e. The van der Waals surface area contributed by atoms with E-state index in [-0.39, 0.29) is 37.0 Å². The van der Waals surface area contributed by atoms with Gasteiger partial charge in [-0.2, -0.15) is 13.2 Å². The quantitative estimate of drug-likeness (QED) is 0.610. The third-order valence-corrected chi connectivity index (χ3v) is 6.22. The lowest BCUT2D eigenvalue weighted by Crippen LogP contribution is -2.38. The van der Waals surface area contributed by atoms with Crippen molar-refractivity contribution in [1.29, 1.82) is 0 Å². The number of carbonyl (C=O) groups is 2. The third kappa shape index (κ3) is 5.97. The van der Waals surface area contributed by atoms with Gasteiger partial charge in [0.05, 0.1) is 11.8 Å². The van der Waals surface area contributed by atoms with Gasteiger partial charge in [-0.15, -0.1) is 0 Å². The van der Waals surface area contributed by atoms with E-state index in [9.17, 15) is 22.8 Å². The first-order valence-electron chi connectivity index (χ1n) is 11.1. The van der Waals surface area contributed by atoms with Crippen LogP contribution in [0, 0.1) is 11.8 Å². The highest BCUT2D eigenvalue weighted by Gasteiger charge is 2.41. The first-order chi connectivity index (χ1) is 15.8. The van der Waals surface area contributed by atoms with E-state index < -0.39 is 12.1 Å². The molecule has 0 radical (unpaired) electrons. The van der Waals surface area contributed by atoms with Gasteiger partial charge in [0.15, 0.2) is 0 Å². The zero-order chi connectivity index (χ0) is 23.4. The van der Waals surface area contributed by atoms with Crippen molar-refractivity contribution >= 4 is 28.9 Å². The normalized spacial score (nSPS) is 19.3. The van der Waals surface area contributed by atoms with Crippen LogP contribution in [-0.2, 0) is 16.1 Å². The summed E-state index contributed by atoms with van der Waals surface area (Å²) in [7, 11) is 0. The number of hydrogen-bond donors (Lipinski definition) is 3. The van der Waals surface area contributed by atoms with Crippen LogP contribution in [-0.4, -0.2) is 37.6 Å². The number of anilines is 3. The van der Waals surface area contributed by atoms with Crippen LogP contribution in [0.25, 0.3) is 0 Å². The van der Waals surface area contributed by atoms with Gasteiger partial charge >= 0.3 is 6.18 Å². The molecule has 0 aromatic heterocycles. The van der Waals surface area contributed by atoms with Gasteiger partial charge < -0.3 is 20.9 Å². The Morgan fingerprint density at radius 2 is 1.79 bits per heavy atom. The first kappa shape index (κ1) is 22.9. The zero-order valence-electron chi connectivity index (χ0n) is 18.1. The Labute approximate surface area is 190 Å². The molecule has 1 unspecified atom stereocenters. The highest BCUT2D eigenvalue weighted by atomic mass is 19.4. The van der Waals surface area contributed by atoms with Crippen molar-refractivity contribution < 1.29 is 22.8 Å². The number of nitrogens with zero attached hydrogens (tertiary/aromatic N) is 1. The van der Waals surface area contributed by atoms with Crippen LogP contribution in [0.15, 0.2) is 48.5 Å². The van der Waals surface area contributed by atoms with Crippen LogP contribution in [0.3, 0.4) is 0 Å². The van der Waals surface area contributed by atoms with Crippen molar-refractivity contribution in [2.24, 2.45) is 11.8 Å². The highest BCUT2D eigenvalue weighted by molar-refractivity contribution is 5.89. The van der Waals surface area contributed by atoms with Crippen molar-refractivity contribution in [3.63, 3.8) is 0 Å². The molecule has 176 valence electrons. The van der Waals surface area contributed by atoms with Gasteiger partial charge in [-0.05, 0) is 54.8 Å². The van der Waals surface area contributed by atoms with Crippen LogP contribution in [0.2, 0.25) is 0 Å². The maximum atomic E-state index is 12.9.